The monoisotopic (exact) mass is 358 g/mol. The highest BCUT2D eigenvalue weighted by Gasteiger charge is 2.48. The fraction of sp³-hybridized carbons (Fsp3) is 0.211. The molecule has 1 fully saturated rings. The molecule has 0 saturated heterocycles. The summed E-state index contributed by atoms with van der Waals surface area (Å²) in [7, 11) is 0. The number of halogens is 2. The molecule has 5 nitrogen and oxygen atoms in total. The van der Waals surface area contributed by atoms with E-state index < -0.39 is 29.4 Å². The van der Waals surface area contributed by atoms with Crippen molar-refractivity contribution in [2.24, 2.45) is 11.8 Å². The van der Waals surface area contributed by atoms with E-state index in [-0.39, 0.29) is 17.4 Å². The van der Waals surface area contributed by atoms with E-state index >= 15 is 0 Å². The summed E-state index contributed by atoms with van der Waals surface area (Å²) < 4.78 is 26.1. The van der Waals surface area contributed by atoms with Crippen LogP contribution in [0.3, 0.4) is 0 Å². The molecule has 0 aromatic heterocycles. The van der Waals surface area contributed by atoms with Crippen LogP contribution in [0.1, 0.15) is 23.7 Å². The number of ketones is 1. The SMILES string of the molecule is CC(=O)c1ccc(NC(=O)C2CC2C(=O)Nc2ccc(F)c(F)c2)cc1. The van der Waals surface area contributed by atoms with Gasteiger partial charge in [-0.05, 0) is 49.7 Å². The second-order valence-electron chi connectivity index (χ2n) is 6.19. The zero-order chi connectivity index (χ0) is 18.8. The van der Waals surface area contributed by atoms with E-state index in [9.17, 15) is 23.2 Å². The van der Waals surface area contributed by atoms with Crippen molar-refractivity contribution in [2.45, 2.75) is 13.3 Å². The van der Waals surface area contributed by atoms with Crippen molar-refractivity contribution < 1.29 is 23.2 Å². The lowest BCUT2D eigenvalue weighted by Gasteiger charge is -2.07. The summed E-state index contributed by atoms with van der Waals surface area (Å²) in [4.78, 5) is 35.5. The highest BCUT2D eigenvalue weighted by molar-refractivity contribution is 6.03. The second-order valence-corrected chi connectivity index (χ2v) is 6.19. The fourth-order valence-corrected chi connectivity index (χ4v) is 2.61. The van der Waals surface area contributed by atoms with Crippen LogP contribution < -0.4 is 10.6 Å². The maximum Gasteiger partial charge on any atom is 0.228 e. The van der Waals surface area contributed by atoms with Crippen molar-refractivity contribution in [1.82, 2.24) is 0 Å². The topological polar surface area (TPSA) is 75.3 Å². The molecule has 1 aliphatic carbocycles. The van der Waals surface area contributed by atoms with Gasteiger partial charge >= 0.3 is 0 Å². The summed E-state index contributed by atoms with van der Waals surface area (Å²) in [5.41, 5.74) is 1.21. The Morgan fingerprint density at radius 2 is 1.38 bits per heavy atom. The van der Waals surface area contributed by atoms with E-state index in [4.69, 9.17) is 0 Å². The quantitative estimate of drug-likeness (QED) is 0.805. The summed E-state index contributed by atoms with van der Waals surface area (Å²) in [6, 6.07) is 9.52. The van der Waals surface area contributed by atoms with Crippen LogP contribution in [0.25, 0.3) is 0 Å². The van der Waals surface area contributed by atoms with E-state index in [0.29, 0.717) is 17.7 Å². The Labute approximate surface area is 148 Å². The van der Waals surface area contributed by atoms with Crippen molar-refractivity contribution in [3.05, 3.63) is 59.7 Å². The van der Waals surface area contributed by atoms with E-state index in [1.165, 1.54) is 13.0 Å². The van der Waals surface area contributed by atoms with Crippen LogP contribution in [0.4, 0.5) is 20.2 Å². The molecule has 0 bridgehead atoms. The molecule has 2 atom stereocenters. The number of anilines is 2. The number of amides is 2. The van der Waals surface area contributed by atoms with Crippen LogP contribution in [-0.2, 0) is 9.59 Å². The standard InChI is InChI=1S/C19H16F2N2O3/c1-10(24)11-2-4-12(5-3-11)22-18(25)14-9-15(14)19(26)23-13-6-7-16(20)17(21)8-13/h2-8,14-15H,9H2,1H3,(H,22,25)(H,23,26). The zero-order valence-corrected chi connectivity index (χ0v) is 13.9. The summed E-state index contributed by atoms with van der Waals surface area (Å²) in [6.45, 7) is 1.45. The van der Waals surface area contributed by atoms with Crippen molar-refractivity contribution in [1.29, 1.82) is 0 Å². The first-order valence-electron chi connectivity index (χ1n) is 8.03. The number of carbonyl (C=O) groups is 3. The van der Waals surface area contributed by atoms with Crippen LogP contribution in [-0.4, -0.2) is 17.6 Å². The fourth-order valence-electron chi connectivity index (χ4n) is 2.61. The van der Waals surface area contributed by atoms with Gasteiger partial charge in [0.1, 0.15) is 0 Å². The van der Waals surface area contributed by atoms with Crippen LogP contribution in [0.15, 0.2) is 42.5 Å². The maximum atomic E-state index is 13.2. The van der Waals surface area contributed by atoms with Crippen LogP contribution >= 0.6 is 0 Å². The minimum absolute atomic E-state index is 0.0703. The molecule has 2 amide bonds. The molecule has 26 heavy (non-hydrogen) atoms. The van der Waals surface area contributed by atoms with Crippen LogP contribution in [0, 0.1) is 23.5 Å². The molecular weight excluding hydrogens is 342 g/mol. The zero-order valence-electron chi connectivity index (χ0n) is 13.9. The van der Waals surface area contributed by atoms with Gasteiger partial charge in [-0.3, -0.25) is 14.4 Å². The minimum Gasteiger partial charge on any atom is -0.326 e. The molecule has 2 aromatic carbocycles. The summed E-state index contributed by atoms with van der Waals surface area (Å²) in [5.74, 6) is -3.83. The molecule has 1 saturated carbocycles. The number of Topliss-reactive ketones (excluding diaryl/α,β-unsaturated/α-hetero) is 1. The number of benzene rings is 2. The molecule has 2 aromatic rings. The Bertz CT molecular complexity index is 881. The molecule has 0 spiro atoms. The minimum atomic E-state index is -1.05. The summed E-state index contributed by atoms with van der Waals surface area (Å²) in [5, 5.41) is 5.17. The van der Waals surface area contributed by atoms with Crippen molar-refractivity contribution in [2.75, 3.05) is 10.6 Å². The molecule has 0 heterocycles. The number of hydrogen-bond acceptors (Lipinski definition) is 3. The largest absolute Gasteiger partial charge is 0.326 e. The molecule has 134 valence electrons. The van der Waals surface area contributed by atoms with Gasteiger partial charge in [-0.1, -0.05) is 0 Å². The Morgan fingerprint density at radius 3 is 1.92 bits per heavy atom. The molecule has 3 rings (SSSR count). The highest BCUT2D eigenvalue weighted by atomic mass is 19.2. The maximum absolute atomic E-state index is 13.2. The van der Waals surface area contributed by atoms with E-state index in [1.807, 2.05) is 0 Å². The predicted molar refractivity (Wildman–Crippen MR) is 91.7 cm³/mol. The molecule has 7 heteroatoms. The lowest BCUT2D eigenvalue weighted by molar-refractivity contribution is -0.122. The Hall–Kier alpha value is -3.09. The van der Waals surface area contributed by atoms with Gasteiger partial charge < -0.3 is 10.6 Å². The van der Waals surface area contributed by atoms with E-state index in [1.54, 1.807) is 24.3 Å². The van der Waals surface area contributed by atoms with Gasteiger partial charge in [0.05, 0.1) is 11.8 Å². The van der Waals surface area contributed by atoms with Crippen molar-refractivity contribution in [3.8, 4) is 0 Å². The van der Waals surface area contributed by atoms with Gasteiger partial charge in [-0.2, -0.15) is 0 Å². The number of nitrogens with one attached hydrogen (secondary N) is 2. The average molecular weight is 358 g/mol. The van der Waals surface area contributed by atoms with Gasteiger partial charge in [0.2, 0.25) is 11.8 Å². The van der Waals surface area contributed by atoms with Gasteiger partial charge in [0, 0.05) is 23.0 Å². The smallest absolute Gasteiger partial charge is 0.228 e. The lowest BCUT2D eigenvalue weighted by atomic mass is 10.1. The van der Waals surface area contributed by atoms with Gasteiger partial charge in [0.25, 0.3) is 0 Å². The predicted octanol–water partition coefficient (Wildman–Crippen LogP) is 3.38. The third-order valence-corrected chi connectivity index (χ3v) is 4.21. The number of hydrogen-bond donors (Lipinski definition) is 2. The summed E-state index contributed by atoms with van der Waals surface area (Å²) >= 11 is 0. The van der Waals surface area contributed by atoms with Gasteiger partial charge in [-0.25, -0.2) is 8.78 Å². The number of rotatable bonds is 5. The third kappa shape index (κ3) is 3.93. The average Bonchev–Trinajstić information content (AvgIpc) is 3.39. The normalized spacial score (nSPS) is 18.1. The lowest BCUT2D eigenvalue weighted by Crippen LogP contribution is -2.20. The molecular formula is C19H16F2N2O3. The highest BCUT2D eigenvalue weighted by Crippen LogP contribution is 2.40. The van der Waals surface area contributed by atoms with Crippen molar-refractivity contribution >= 4 is 29.0 Å². The second kappa shape index (κ2) is 7.03. The van der Waals surface area contributed by atoms with Gasteiger partial charge in [0.15, 0.2) is 17.4 Å². The molecule has 2 unspecified atom stereocenters. The number of carbonyl (C=O) groups excluding carboxylic acids is 3. The molecule has 0 radical (unpaired) electrons. The first-order chi connectivity index (χ1) is 12.3. The first-order valence-corrected chi connectivity index (χ1v) is 8.03. The van der Waals surface area contributed by atoms with Crippen LogP contribution in [0.2, 0.25) is 0 Å². The first kappa shape index (κ1) is 17.7. The van der Waals surface area contributed by atoms with Crippen LogP contribution in [0.5, 0.6) is 0 Å². The molecule has 2 N–H and O–H groups in total. The van der Waals surface area contributed by atoms with Crippen molar-refractivity contribution in [3.63, 3.8) is 0 Å². The van der Waals surface area contributed by atoms with E-state index in [0.717, 1.165) is 12.1 Å². The Balaban J connectivity index is 1.55. The Morgan fingerprint density at radius 1 is 0.846 bits per heavy atom. The van der Waals surface area contributed by atoms with E-state index in [2.05, 4.69) is 10.6 Å². The summed E-state index contributed by atoms with van der Waals surface area (Å²) in [6.07, 6.45) is 0.382. The molecule has 1 aliphatic rings. The third-order valence-electron chi connectivity index (χ3n) is 4.21. The molecule has 0 aliphatic heterocycles. The Kier molecular flexibility index (Phi) is 4.79. The van der Waals surface area contributed by atoms with Gasteiger partial charge in [-0.15, -0.1) is 0 Å².